The summed E-state index contributed by atoms with van der Waals surface area (Å²) < 4.78 is 22.9. The maximum absolute atomic E-state index is 12.7. The standard InChI is InChI=1S/C19H22NO5.HI/c1-20(2)7-6-12-9-16-18(25-11-24-16)19(22-3)17(12)13(20)10-14(21)15-5-4-8-23-15;/h4-5,8-9,13H,6-7,10-11H2,1-3H3;1H/q+1;/p-1. The summed E-state index contributed by atoms with van der Waals surface area (Å²) in [4.78, 5) is 12.7. The van der Waals surface area contributed by atoms with Crippen LogP contribution >= 0.6 is 0 Å². The Morgan fingerprint density at radius 1 is 1.35 bits per heavy atom. The van der Waals surface area contributed by atoms with Gasteiger partial charge in [0.15, 0.2) is 17.3 Å². The molecule has 0 radical (unpaired) electrons. The topological polar surface area (TPSA) is 57.9 Å². The number of nitrogens with zero attached hydrogens (tertiary/aromatic N) is 1. The Bertz CT molecular complexity index is 816. The number of carbonyl (C=O) groups is 1. The molecule has 0 fully saturated rings. The Morgan fingerprint density at radius 2 is 2.15 bits per heavy atom. The highest BCUT2D eigenvalue weighted by atomic mass is 127. The van der Waals surface area contributed by atoms with E-state index in [1.165, 1.54) is 6.26 Å². The van der Waals surface area contributed by atoms with E-state index < -0.39 is 0 Å². The molecule has 0 saturated heterocycles. The van der Waals surface area contributed by atoms with Crippen LogP contribution in [-0.2, 0) is 6.42 Å². The molecule has 2 aliphatic rings. The van der Waals surface area contributed by atoms with E-state index in [0.717, 1.165) is 29.8 Å². The molecule has 6 nitrogen and oxygen atoms in total. The van der Waals surface area contributed by atoms with Crippen LogP contribution in [0.1, 0.15) is 34.1 Å². The second-order valence-electron chi connectivity index (χ2n) is 7.09. The van der Waals surface area contributed by atoms with Crippen molar-refractivity contribution < 1.29 is 51.9 Å². The molecule has 7 heteroatoms. The van der Waals surface area contributed by atoms with Gasteiger partial charge in [-0.15, -0.1) is 0 Å². The Balaban J connectivity index is 0.00000196. The van der Waals surface area contributed by atoms with E-state index in [0.29, 0.717) is 28.2 Å². The molecule has 1 aromatic heterocycles. The van der Waals surface area contributed by atoms with Crippen molar-refractivity contribution in [3.63, 3.8) is 0 Å². The van der Waals surface area contributed by atoms with E-state index in [1.807, 2.05) is 6.07 Å². The Kier molecular flexibility index (Phi) is 5.21. The highest BCUT2D eigenvalue weighted by Crippen LogP contribution is 2.51. The molecule has 0 saturated carbocycles. The number of methoxy groups -OCH3 is 1. The van der Waals surface area contributed by atoms with Crippen LogP contribution in [0.3, 0.4) is 0 Å². The molecule has 2 aliphatic heterocycles. The second-order valence-corrected chi connectivity index (χ2v) is 7.09. The van der Waals surface area contributed by atoms with Crippen LogP contribution in [0, 0.1) is 0 Å². The van der Waals surface area contributed by atoms with Gasteiger partial charge in [0.05, 0.1) is 46.0 Å². The van der Waals surface area contributed by atoms with Gasteiger partial charge in [-0.2, -0.15) is 0 Å². The van der Waals surface area contributed by atoms with Gasteiger partial charge in [0, 0.05) is 6.42 Å². The number of ketones is 1. The van der Waals surface area contributed by atoms with Gasteiger partial charge in [-0.3, -0.25) is 4.79 Å². The van der Waals surface area contributed by atoms with Gasteiger partial charge in [0.25, 0.3) is 0 Å². The maximum Gasteiger partial charge on any atom is 0.231 e. The van der Waals surface area contributed by atoms with E-state index in [9.17, 15) is 4.79 Å². The van der Waals surface area contributed by atoms with E-state index in [4.69, 9.17) is 18.6 Å². The zero-order valence-electron chi connectivity index (χ0n) is 15.1. The minimum absolute atomic E-state index is 0. The fourth-order valence-electron chi connectivity index (χ4n) is 3.83. The minimum atomic E-state index is -0.0363. The van der Waals surface area contributed by atoms with Crippen molar-refractivity contribution in [2.45, 2.75) is 18.9 Å². The van der Waals surface area contributed by atoms with Crippen molar-refractivity contribution in [2.24, 2.45) is 0 Å². The van der Waals surface area contributed by atoms with Crippen LogP contribution < -0.4 is 38.2 Å². The van der Waals surface area contributed by atoms with Gasteiger partial charge in [0.1, 0.15) is 6.04 Å². The summed E-state index contributed by atoms with van der Waals surface area (Å²) in [6.45, 7) is 1.13. The molecular formula is C19H22INO5. The van der Waals surface area contributed by atoms with E-state index in [1.54, 1.807) is 19.2 Å². The lowest BCUT2D eigenvalue weighted by Crippen LogP contribution is -3.00. The molecule has 0 aliphatic carbocycles. The number of benzene rings is 1. The lowest BCUT2D eigenvalue weighted by Gasteiger charge is -2.43. The summed E-state index contributed by atoms with van der Waals surface area (Å²) in [6.07, 6.45) is 2.78. The summed E-state index contributed by atoms with van der Waals surface area (Å²) in [7, 11) is 5.93. The third-order valence-corrected chi connectivity index (χ3v) is 5.26. The number of ether oxygens (including phenoxy) is 3. The largest absolute Gasteiger partial charge is 1.00 e. The summed E-state index contributed by atoms with van der Waals surface area (Å²) in [5, 5.41) is 0. The van der Waals surface area contributed by atoms with Crippen LogP contribution in [0.15, 0.2) is 28.9 Å². The molecule has 140 valence electrons. The van der Waals surface area contributed by atoms with Crippen molar-refractivity contribution in [1.29, 1.82) is 0 Å². The monoisotopic (exact) mass is 471 g/mol. The van der Waals surface area contributed by atoms with Crippen LogP contribution in [0.25, 0.3) is 0 Å². The smallest absolute Gasteiger partial charge is 0.231 e. The Morgan fingerprint density at radius 3 is 2.85 bits per heavy atom. The second kappa shape index (κ2) is 7.11. The van der Waals surface area contributed by atoms with E-state index in [-0.39, 0.29) is 42.6 Å². The first-order chi connectivity index (χ1) is 12.0. The number of halogens is 1. The number of quaternary nitrogens is 1. The van der Waals surface area contributed by atoms with Crippen molar-refractivity contribution in [3.8, 4) is 17.2 Å². The predicted molar refractivity (Wildman–Crippen MR) is 90.2 cm³/mol. The molecule has 2 aromatic rings. The van der Waals surface area contributed by atoms with Gasteiger partial charge in [-0.05, 0) is 23.8 Å². The molecule has 26 heavy (non-hydrogen) atoms. The average Bonchev–Trinajstić information content (AvgIpc) is 3.26. The number of carbonyl (C=O) groups excluding carboxylic acids is 1. The van der Waals surface area contributed by atoms with Gasteiger partial charge < -0.3 is 47.1 Å². The molecule has 1 unspecified atom stereocenters. The Hall–Kier alpha value is -1.74. The number of hydrogen-bond acceptors (Lipinski definition) is 5. The summed E-state index contributed by atoms with van der Waals surface area (Å²) >= 11 is 0. The third-order valence-electron chi connectivity index (χ3n) is 5.26. The fourth-order valence-corrected chi connectivity index (χ4v) is 3.83. The summed E-state index contributed by atoms with van der Waals surface area (Å²) in [6, 6.07) is 5.44. The van der Waals surface area contributed by atoms with E-state index in [2.05, 4.69) is 14.1 Å². The maximum atomic E-state index is 12.7. The van der Waals surface area contributed by atoms with Crippen molar-refractivity contribution in [3.05, 3.63) is 41.3 Å². The molecule has 0 bridgehead atoms. The fraction of sp³-hybridized carbons (Fsp3) is 0.421. The van der Waals surface area contributed by atoms with Crippen LogP contribution in [0.5, 0.6) is 17.2 Å². The SMILES string of the molecule is COc1c2c(cc3c1C(CC(=O)c1ccco1)[N+](C)(C)CC3)OCO2.[I-]. The molecule has 1 atom stereocenters. The molecular weight excluding hydrogens is 449 g/mol. The number of likely N-dealkylation sites (N-methyl/N-ethyl adjacent to an activating group) is 1. The third kappa shape index (κ3) is 3.07. The minimum Gasteiger partial charge on any atom is -1.00 e. The number of hydrogen-bond donors (Lipinski definition) is 0. The highest BCUT2D eigenvalue weighted by molar-refractivity contribution is 5.94. The molecule has 0 spiro atoms. The van der Waals surface area contributed by atoms with Crippen LogP contribution in [-0.4, -0.2) is 44.8 Å². The molecule has 4 rings (SSSR count). The predicted octanol–water partition coefficient (Wildman–Crippen LogP) is -0.0325. The molecule has 3 heterocycles. The van der Waals surface area contributed by atoms with Crippen molar-refractivity contribution >= 4 is 5.78 Å². The van der Waals surface area contributed by atoms with Gasteiger partial charge in [-0.25, -0.2) is 0 Å². The van der Waals surface area contributed by atoms with Crippen LogP contribution in [0.4, 0.5) is 0 Å². The number of Topliss-reactive ketones (excluding diaryl/α,β-unsaturated/α-hetero) is 1. The first-order valence-corrected chi connectivity index (χ1v) is 8.40. The zero-order valence-corrected chi connectivity index (χ0v) is 17.2. The van der Waals surface area contributed by atoms with Gasteiger partial charge in [0.2, 0.25) is 18.3 Å². The number of furan rings is 1. The lowest BCUT2D eigenvalue weighted by atomic mass is 9.86. The lowest BCUT2D eigenvalue weighted by molar-refractivity contribution is -0.922. The zero-order chi connectivity index (χ0) is 17.6. The van der Waals surface area contributed by atoms with Crippen LogP contribution in [0.2, 0.25) is 0 Å². The van der Waals surface area contributed by atoms with E-state index >= 15 is 0 Å². The molecule has 1 aromatic carbocycles. The highest BCUT2D eigenvalue weighted by Gasteiger charge is 2.42. The molecule has 0 amide bonds. The Labute approximate surface area is 169 Å². The summed E-state index contributed by atoms with van der Waals surface area (Å²) in [5.74, 6) is 2.44. The van der Waals surface area contributed by atoms with Gasteiger partial charge in [-0.1, -0.05) is 0 Å². The normalized spacial score (nSPS) is 19.4. The average molecular weight is 471 g/mol. The number of rotatable bonds is 4. The van der Waals surface area contributed by atoms with Gasteiger partial charge >= 0.3 is 0 Å². The van der Waals surface area contributed by atoms with Crippen molar-refractivity contribution in [2.75, 3.05) is 34.5 Å². The quantitative estimate of drug-likeness (QED) is 0.356. The number of fused-ring (bicyclic) bond motifs is 2. The first kappa shape index (κ1) is 19.0. The molecule has 0 N–H and O–H groups in total. The van der Waals surface area contributed by atoms with Crippen molar-refractivity contribution in [1.82, 2.24) is 0 Å². The summed E-state index contributed by atoms with van der Waals surface area (Å²) in [5.41, 5.74) is 2.21. The first-order valence-electron chi connectivity index (χ1n) is 8.40.